The van der Waals surface area contributed by atoms with Gasteiger partial charge in [0.05, 0.1) is 26.0 Å². The van der Waals surface area contributed by atoms with Crippen LogP contribution in [-0.2, 0) is 27.4 Å². The quantitative estimate of drug-likeness (QED) is 0.490. The van der Waals surface area contributed by atoms with E-state index in [4.69, 9.17) is 26.4 Å². The van der Waals surface area contributed by atoms with E-state index in [0.29, 0.717) is 0 Å². The molecule has 0 bridgehead atoms. The van der Waals surface area contributed by atoms with Crippen LogP contribution >= 0.6 is 0 Å². The lowest BCUT2D eigenvalue weighted by atomic mass is 9.96. The number of aromatic nitrogens is 2. The molecule has 34 heavy (non-hydrogen) atoms. The van der Waals surface area contributed by atoms with Crippen molar-refractivity contribution >= 4 is 5.82 Å². The highest BCUT2D eigenvalue weighted by molar-refractivity contribution is 5.27. The minimum Gasteiger partial charge on any atom is -0.386 e. The van der Waals surface area contributed by atoms with E-state index >= 15 is 0 Å². The molecule has 3 aromatic rings. The van der Waals surface area contributed by atoms with E-state index < -0.39 is 41.4 Å². The summed E-state index contributed by atoms with van der Waals surface area (Å²) in [5.74, 6) is 1.05. The van der Waals surface area contributed by atoms with Gasteiger partial charge in [-0.3, -0.25) is 4.57 Å². The average molecular weight is 465 g/mol. The first-order chi connectivity index (χ1) is 16.4. The number of halogens is 1. The average Bonchev–Trinajstić information content (AvgIpc) is 3.13. The van der Waals surface area contributed by atoms with E-state index in [9.17, 15) is 14.3 Å². The maximum absolute atomic E-state index is 14.1. The number of nitrogen functional groups attached to an aromatic ring is 1. The molecule has 3 N–H and O–H groups in total. The third-order valence-corrected chi connectivity index (χ3v) is 5.55. The van der Waals surface area contributed by atoms with Gasteiger partial charge in [0.1, 0.15) is 12.2 Å². The summed E-state index contributed by atoms with van der Waals surface area (Å²) in [5, 5.41) is 11.1. The molecule has 0 amide bonds. The van der Waals surface area contributed by atoms with Gasteiger partial charge in [0.25, 0.3) is 0 Å². The second-order valence-electron chi connectivity index (χ2n) is 7.89. The van der Waals surface area contributed by atoms with Gasteiger partial charge < -0.3 is 25.1 Å². The molecule has 2 aromatic carbocycles. The van der Waals surface area contributed by atoms with Crippen LogP contribution in [-0.4, -0.2) is 39.1 Å². The maximum Gasteiger partial charge on any atom is 0.351 e. The molecule has 4 atom stereocenters. The summed E-state index contributed by atoms with van der Waals surface area (Å²) in [6.07, 6.45) is 2.79. The summed E-state index contributed by atoms with van der Waals surface area (Å²) in [6, 6.07) is 18.7. The zero-order valence-corrected chi connectivity index (χ0v) is 18.2. The SMILES string of the molecule is C#C[C@]1(COCc2ccccc2)O[C@@H](n2cc(F)c(N)nc2=O)[C@@H](O)[C@@H]1OCc1ccccc1. The lowest BCUT2D eigenvalue weighted by Crippen LogP contribution is -2.47. The fourth-order valence-corrected chi connectivity index (χ4v) is 3.80. The Labute approximate surface area is 195 Å². The second kappa shape index (κ2) is 10.2. The molecular formula is C25H24FN3O5. The van der Waals surface area contributed by atoms with Gasteiger partial charge in [-0.25, -0.2) is 9.18 Å². The minimum absolute atomic E-state index is 0.115. The zero-order chi connectivity index (χ0) is 24.1. The third kappa shape index (κ3) is 4.85. The Morgan fingerprint density at radius 2 is 1.76 bits per heavy atom. The number of hydrogen-bond donors (Lipinski definition) is 2. The normalized spacial score (nSPS) is 24.1. The maximum atomic E-state index is 14.1. The van der Waals surface area contributed by atoms with Crippen molar-refractivity contribution in [2.24, 2.45) is 0 Å². The summed E-state index contributed by atoms with van der Waals surface area (Å²) >= 11 is 0. The second-order valence-corrected chi connectivity index (χ2v) is 7.89. The van der Waals surface area contributed by atoms with Crippen LogP contribution in [0.15, 0.2) is 71.7 Å². The zero-order valence-electron chi connectivity index (χ0n) is 18.2. The predicted molar refractivity (Wildman–Crippen MR) is 122 cm³/mol. The van der Waals surface area contributed by atoms with E-state index in [1.54, 1.807) is 0 Å². The van der Waals surface area contributed by atoms with Crippen molar-refractivity contribution in [2.75, 3.05) is 12.3 Å². The first kappa shape index (κ1) is 23.6. The molecule has 4 rings (SSSR count). The van der Waals surface area contributed by atoms with Gasteiger partial charge in [0.2, 0.25) is 0 Å². The van der Waals surface area contributed by atoms with Gasteiger partial charge in [-0.15, -0.1) is 6.42 Å². The lowest BCUT2D eigenvalue weighted by molar-refractivity contribution is -0.124. The number of nitrogens with zero attached hydrogens (tertiary/aromatic N) is 2. The summed E-state index contributed by atoms with van der Waals surface area (Å²) in [6.45, 7) is 0.201. The van der Waals surface area contributed by atoms with Crippen molar-refractivity contribution < 1.29 is 23.7 Å². The van der Waals surface area contributed by atoms with Crippen LogP contribution in [0.5, 0.6) is 0 Å². The number of hydrogen-bond acceptors (Lipinski definition) is 7. The Balaban J connectivity index is 1.61. The largest absolute Gasteiger partial charge is 0.386 e. The van der Waals surface area contributed by atoms with Crippen LogP contribution in [0, 0.1) is 18.2 Å². The van der Waals surface area contributed by atoms with Crippen LogP contribution in [0.2, 0.25) is 0 Å². The number of aliphatic hydroxyl groups is 1. The van der Waals surface area contributed by atoms with E-state index in [1.165, 1.54) is 0 Å². The summed E-state index contributed by atoms with van der Waals surface area (Å²) in [7, 11) is 0. The summed E-state index contributed by atoms with van der Waals surface area (Å²) < 4.78 is 32.7. The van der Waals surface area contributed by atoms with Crippen molar-refractivity contribution in [3.05, 3.63) is 94.3 Å². The Hall–Kier alpha value is -3.55. The van der Waals surface area contributed by atoms with Crippen LogP contribution in [0.1, 0.15) is 17.4 Å². The number of anilines is 1. The molecule has 1 fully saturated rings. The number of rotatable bonds is 8. The standard InChI is InChI=1S/C25H24FN3O5/c1-2-25(16-32-14-17-9-5-3-6-10-17)21(33-15-18-11-7-4-8-12-18)20(30)23(34-25)29-13-19(26)22(27)28-24(29)31/h1,3-13,20-21,23,30H,14-16H2,(H2,27,28,31)/t20-,21-,23+,25+/m0/s1. The van der Waals surface area contributed by atoms with Gasteiger partial charge in [-0.2, -0.15) is 4.98 Å². The lowest BCUT2D eigenvalue weighted by Gasteiger charge is -2.29. The highest BCUT2D eigenvalue weighted by atomic mass is 19.1. The van der Waals surface area contributed by atoms with Crippen LogP contribution < -0.4 is 11.4 Å². The predicted octanol–water partition coefficient (Wildman–Crippen LogP) is 2.03. The molecule has 1 aliphatic heterocycles. The summed E-state index contributed by atoms with van der Waals surface area (Å²) in [5.41, 5.74) is 4.67. The first-order valence-electron chi connectivity index (χ1n) is 10.6. The number of benzene rings is 2. The summed E-state index contributed by atoms with van der Waals surface area (Å²) in [4.78, 5) is 15.8. The number of ether oxygens (including phenoxy) is 3. The van der Waals surface area contributed by atoms with Crippen LogP contribution in [0.25, 0.3) is 0 Å². The molecule has 0 unspecified atom stereocenters. The first-order valence-corrected chi connectivity index (χ1v) is 10.6. The van der Waals surface area contributed by atoms with E-state index in [-0.39, 0.29) is 19.8 Å². The van der Waals surface area contributed by atoms with Gasteiger partial charge in [0.15, 0.2) is 23.5 Å². The van der Waals surface area contributed by atoms with Crippen molar-refractivity contribution in [1.82, 2.24) is 9.55 Å². The van der Waals surface area contributed by atoms with E-state index in [1.807, 2.05) is 60.7 Å². The van der Waals surface area contributed by atoms with Gasteiger partial charge in [-0.05, 0) is 11.1 Å². The van der Waals surface area contributed by atoms with Gasteiger partial charge in [-0.1, -0.05) is 66.6 Å². The highest BCUT2D eigenvalue weighted by Gasteiger charge is 2.56. The van der Waals surface area contributed by atoms with Crippen molar-refractivity contribution in [1.29, 1.82) is 0 Å². The van der Waals surface area contributed by atoms with Crippen molar-refractivity contribution in [3.8, 4) is 12.3 Å². The molecule has 8 nitrogen and oxygen atoms in total. The molecule has 1 saturated heterocycles. The molecule has 0 spiro atoms. The Morgan fingerprint density at radius 1 is 1.15 bits per heavy atom. The fraction of sp³-hybridized carbons (Fsp3) is 0.280. The fourth-order valence-electron chi connectivity index (χ4n) is 3.80. The molecule has 1 aliphatic rings. The number of terminal acetylenes is 1. The molecular weight excluding hydrogens is 441 g/mol. The van der Waals surface area contributed by atoms with Crippen LogP contribution in [0.4, 0.5) is 10.2 Å². The van der Waals surface area contributed by atoms with Crippen molar-refractivity contribution in [2.45, 2.75) is 37.3 Å². The van der Waals surface area contributed by atoms with E-state index in [0.717, 1.165) is 21.9 Å². The highest BCUT2D eigenvalue weighted by Crippen LogP contribution is 2.39. The number of nitrogens with two attached hydrogens (primary N) is 1. The Morgan fingerprint density at radius 3 is 2.38 bits per heavy atom. The molecule has 1 aromatic heterocycles. The molecule has 0 radical (unpaired) electrons. The van der Waals surface area contributed by atoms with Gasteiger partial charge >= 0.3 is 5.69 Å². The molecule has 0 saturated carbocycles. The Kier molecular flexibility index (Phi) is 7.05. The van der Waals surface area contributed by atoms with E-state index in [2.05, 4.69) is 10.9 Å². The Bertz CT molecular complexity index is 1210. The minimum atomic E-state index is -1.56. The number of aliphatic hydroxyl groups excluding tert-OH is 1. The molecule has 0 aliphatic carbocycles. The molecule has 176 valence electrons. The molecule has 9 heteroatoms. The van der Waals surface area contributed by atoms with Crippen LogP contribution in [0.3, 0.4) is 0 Å². The third-order valence-electron chi connectivity index (χ3n) is 5.55. The topological polar surface area (TPSA) is 109 Å². The molecule has 2 heterocycles. The smallest absolute Gasteiger partial charge is 0.351 e. The van der Waals surface area contributed by atoms with Gasteiger partial charge in [0, 0.05) is 0 Å². The van der Waals surface area contributed by atoms with Crippen molar-refractivity contribution in [3.63, 3.8) is 0 Å². The monoisotopic (exact) mass is 465 g/mol.